The van der Waals surface area contributed by atoms with E-state index < -0.39 is 0 Å². The van der Waals surface area contributed by atoms with Gasteiger partial charge in [-0.2, -0.15) is 0 Å². The number of aryl methyl sites for hydroxylation is 2. The largest absolute Gasteiger partial charge is 0.469 e. The molecular weight excluding hydrogens is 254 g/mol. The summed E-state index contributed by atoms with van der Waals surface area (Å²) in [4.78, 5) is 14.2. The smallest absolute Gasteiger partial charge is 0.258 e. The Labute approximate surface area is 118 Å². The first-order valence-electron chi connectivity index (χ1n) is 6.62. The summed E-state index contributed by atoms with van der Waals surface area (Å²) < 4.78 is 5.28. The molecule has 0 saturated carbocycles. The second kappa shape index (κ2) is 6.39. The highest BCUT2D eigenvalue weighted by molar-refractivity contribution is 5.96. The van der Waals surface area contributed by atoms with Gasteiger partial charge in [0, 0.05) is 18.7 Å². The molecule has 4 heteroatoms. The van der Waals surface area contributed by atoms with E-state index in [-0.39, 0.29) is 12.5 Å². The number of amides is 1. The molecule has 1 N–H and O–H groups in total. The van der Waals surface area contributed by atoms with Crippen molar-refractivity contribution in [3.05, 3.63) is 59.0 Å². The number of carbonyl (C=O) groups excluding carboxylic acids is 1. The van der Waals surface area contributed by atoms with Crippen LogP contribution in [-0.2, 0) is 6.54 Å². The van der Waals surface area contributed by atoms with Gasteiger partial charge in [-0.05, 0) is 19.4 Å². The lowest BCUT2D eigenvalue weighted by atomic mass is 10.1. The maximum absolute atomic E-state index is 12.6. The van der Waals surface area contributed by atoms with Gasteiger partial charge in [0.2, 0.25) is 0 Å². The molecule has 20 heavy (non-hydrogen) atoms. The number of aliphatic hydroxyl groups is 1. The molecule has 1 amide bonds. The Morgan fingerprint density at radius 2 is 1.95 bits per heavy atom. The molecule has 1 aromatic heterocycles. The van der Waals surface area contributed by atoms with Crippen LogP contribution in [0, 0.1) is 13.8 Å². The van der Waals surface area contributed by atoms with Crippen LogP contribution in [0.1, 0.15) is 27.2 Å². The molecular formula is C16H19NO3. The Bertz CT molecular complexity index is 555. The predicted octanol–water partition coefficient (Wildman–Crippen LogP) is 2.53. The van der Waals surface area contributed by atoms with Gasteiger partial charge in [-0.15, -0.1) is 0 Å². The molecule has 0 aliphatic rings. The molecule has 1 heterocycles. The number of rotatable bonds is 5. The van der Waals surface area contributed by atoms with Gasteiger partial charge in [-0.3, -0.25) is 4.79 Å². The summed E-state index contributed by atoms with van der Waals surface area (Å²) in [6.45, 7) is 4.35. The zero-order chi connectivity index (χ0) is 14.5. The van der Waals surface area contributed by atoms with Crippen molar-refractivity contribution in [1.82, 2.24) is 4.90 Å². The highest BCUT2D eigenvalue weighted by atomic mass is 16.3. The standard InChI is InChI=1S/C16H19NO3/c1-12-11-20-13(2)15(12)16(19)17(8-9-18)10-14-6-4-3-5-7-14/h3-7,11,18H,8-10H2,1-2H3. The topological polar surface area (TPSA) is 53.7 Å². The number of benzene rings is 1. The molecule has 0 radical (unpaired) electrons. The lowest BCUT2D eigenvalue weighted by molar-refractivity contribution is 0.0705. The summed E-state index contributed by atoms with van der Waals surface area (Å²) in [5, 5.41) is 9.18. The molecule has 0 bridgehead atoms. The molecule has 0 spiro atoms. The first-order chi connectivity index (χ1) is 9.63. The Balaban J connectivity index is 2.22. The minimum Gasteiger partial charge on any atom is -0.469 e. The van der Waals surface area contributed by atoms with Crippen LogP contribution in [0.25, 0.3) is 0 Å². The Kier molecular flexibility index (Phi) is 4.58. The van der Waals surface area contributed by atoms with Crippen molar-refractivity contribution in [2.75, 3.05) is 13.2 Å². The third-order valence-corrected chi connectivity index (χ3v) is 3.25. The fourth-order valence-corrected chi connectivity index (χ4v) is 2.23. The molecule has 106 valence electrons. The van der Waals surface area contributed by atoms with Crippen molar-refractivity contribution in [3.8, 4) is 0 Å². The average Bonchev–Trinajstić information content (AvgIpc) is 2.78. The quantitative estimate of drug-likeness (QED) is 0.910. The highest BCUT2D eigenvalue weighted by Gasteiger charge is 2.21. The summed E-state index contributed by atoms with van der Waals surface area (Å²) in [5.41, 5.74) is 2.45. The van der Waals surface area contributed by atoms with Crippen LogP contribution in [0.15, 0.2) is 41.0 Å². The average molecular weight is 273 g/mol. The monoisotopic (exact) mass is 273 g/mol. The van der Waals surface area contributed by atoms with E-state index in [1.54, 1.807) is 18.1 Å². The van der Waals surface area contributed by atoms with Crippen molar-refractivity contribution in [3.63, 3.8) is 0 Å². The van der Waals surface area contributed by atoms with E-state index in [0.29, 0.717) is 24.4 Å². The van der Waals surface area contributed by atoms with Crippen molar-refractivity contribution in [2.45, 2.75) is 20.4 Å². The summed E-state index contributed by atoms with van der Waals surface area (Å²) in [6, 6.07) is 9.74. The Morgan fingerprint density at radius 1 is 1.25 bits per heavy atom. The summed E-state index contributed by atoms with van der Waals surface area (Å²) >= 11 is 0. The van der Waals surface area contributed by atoms with Crippen molar-refractivity contribution in [2.24, 2.45) is 0 Å². The first-order valence-corrected chi connectivity index (χ1v) is 6.62. The molecule has 4 nitrogen and oxygen atoms in total. The number of carbonyl (C=O) groups is 1. The van der Waals surface area contributed by atoms with E-state index >= 15 is 0 Å². The van der Waals surface area contributed by atoms with Crippen LogP contribution in [0.2, 0.25) is 0 Å². The fourth-order valence-electron chi connectivity index (χ4n) is 2.23. The maximum atomic E-state index is 12.6. The molecule has 0 atom stereocenters. The van der Waals surface area contributed by atoms with Crippen LogP contribution in [0.4, 0.5) is 0 Å². The number of hydrogen-bond acceptors (Lipinski definition) is 3. The van der Waals surface area contributed by atoms with Gasteiger partial charge in [0.15, 0.2) is 0 Å². The molecule has 1 aromatic carbocycles. The van der Waals surface area contributed by atoms with E-state index in [4.69, 9.17) is 4.42 Å². The third-order valence-electron chi connectivity index (χ3n) is 3.25. The Hall–Kier alpha value is -2.07. The van der Waals surface area contributed by atoms with Gasteiger partial charge in [0.05, 0.1) is 18.4 Å². The molecule has 2 aromatic rings. The summed E-state index contributed by atoms with van der Waals surface area (Å²) in [7, 11) is 0. The van der Waals surface area contributed by atoms with E-state index in [1.807, 2.05) is 37.3 Å². The highest BCUT2D eigenvalue weighted by Crippen LogP contribution is 2.19. The van der Waals surface area contributed by atoms with Gasteiger partial charge in [-0.1, -0.05) is 30.3 Å². The van der Waals surface area contributed by atoms with Gasteiger partial charge >= 0.3 is 0 Å². The van der Waals surface area contributed by atoms with Gasteiger partial charge < -0.3 is 14.4 Å². The van der Waals surface area contributed by atoms with Gasteiger partial charge in [-0.25, -0.2) is 0 Å². The van der Waals surface area contributed by atoms with E-state index in [1.165, 1.54) is 0 Å². The summed E-state index contributed by atoms with van der Waals surface area (Å²) in [6.07, 6.45) is 1.59. The van der Waals surface area contributed by atoms with Gasteiger partial charge in [0.25, 0.3) is 5.91 Å². The normalized spacial score (nSPS) is 10.6. The van der Waals surface area contributed by atoms with E-state index in [0.717, 1.165) is 11.1 Å². The van der Waals surface area contributed by atoms with E-state index in [9.17, 15) is 9.90 Å². The number of hydrogen-bond donors (Lipinski definition) is 1. The number of nitrogens with zero attached hydrogens (tertiary/aromatic N) is 1. The fraction of sp³-hybridized carbons (Fsp3) is 0.312. The van der Waals surface area contributed by atoms with Crippen molar-refractivity contribution < 1.29 is 14.3 Å². The number of furan rings is 1. The second-order valence-electron chi connectivity index (χ2n) is 4.79. The molecule has 0 aliphatic carbocycles. The molecule has 0 fully saturated rings. The van der Waals surface area contributed by atoms with Crippen molar-refractivity contribution >= 4 is 5.91 Å². The van der Waals surface area contributed by atoms with Gasteiger partial charge in [0.1, 0.15) is 5.76 Å². The molecule has 2 rings (SSSR count). The van der Waals surface area contributed by atoms with Crippen LogP contribution < -0.4 is 0 Å². The lowest BCUT2D eigenvalue weighted by Crippen LogP contribution is -2.33. The molecule has 0 aliphatic heterocycles. The molecule has 0 unspecified atom stereocenters. The summed E-state index contributed by atoms with van der Waals surface area (Å²) in [5.74, 6) is 0.509. The molecule has 0 saturated heterocycles. The zero-order valence-corrected chi connectivity index (χ0v) is 11.8. The second-order valence-corrected chi connectivity index (χ2v) is 4.79. The minimum atomic E-state index is -0.105. The Morgan fingerprint density at radius 3 is 2.50 bits per heavy atom. The zero-order valence-electron chi connectivity index (χ0n) is 11.8. The number of aliphatic hydroxyl groups excluding tert-OH is 1. The third kappa shape index (κ3) is 3.08. The van der Waals surface area contributed by atoms with Crippen LogP contribution in [-0.4, -0.2) is 29.1 Å². The first kappa shape index (κ1) is 14.3. The van der Waals surface area contributed by atoms with E-state index in [2.05, 4.69) is 0 Å². The van der Waals surface area contributed by atoms with Crippen LogP contribution in [0.5, 0.6) is 0 Å². The minimum absolute atomic E-state index is 0.0610. The predicted molar refractivity (Wildman–Crippen MR) is 76.5 cm³/mol. The van der Waals surface area contributed by atoms with Crippen molar-refractivity contribution in [1.29, 1.82) is 0 Å². The van der Waals surface area contributed by atoms with Crippen LogP contribution in [0.3, 0.4) is 0 Å². The van der Waals surface area contributed by atoms with Crippen LogP contribution >= 0.6 is 0 Å². The lowest BCUT2D eigenvalue weighted by Gasteiger charge is -2.22. The SMILES string of the molecule is Cc1coc(C)c1C(=O)N(CCO)Cc1ccccc1. The maximum Gasteiger partial charge on any atom is 0.258 e.